The summed E-state index contributed by atoms with van der Waals surface area (Å²) in [5, 5.41) is 2.92. The van der Waals surface area contributed by atoms with E-state index in [4.69, 9.17) is 5.73 Å². The van der Waals surface area contributed by atoms with Crippen LogP contribution in [0.5, 0.6) is 0 Å². The van der Waals surface area contributed by atoms with Gasteiger partial charge in [0, 0.05) is 32.1 Å². The third kappa shape index (κ3) is 5.36. The van der Waals surface area contributed by atoms with Crippen molar-refractivity contribution in [2.45, 2.75) is 51.5 Å². The molecule has 0 aliphatic heterocycles. The van der Waals surface area contributed by atoms with Gasteiger partial charge in [-0.2, -0.15) is 0 Å². The van der Waals surface area contributed by atoms with E-state index >= 15 is 0 Å². The molecule has 0 radical (unpaired) electrons. The lowest BCUT2D eigenvalue weighted by atomic mass is 10.1. The molecule has 1 fully saturated rings. The molecule has 4 nitrogen and oxygen atoms in total. The third-order valence-corrected chi connectivity index (χ3v) is 3.91. The molecule has 1 atom stereocenters. The molecule has 0 aromatic heterocycles. The molecule has 1 saturated carbocycles. The molecule has 0 aromatic carbocycles. The zero-order valence-electron chi connectivity index (χ0n) is 12.0. The summed E-state index contributed by atoms with van der Waals surface area (Å²) in [5.41, 5.74) is 5.80. The predicted octanol–water partition coefficient (Wildman–Crippen LogP) is 1.35. The highest BCUT2D eigenvalue weighted by molar-refractivity contribution is 5.76. The van der Waals surface area contributed by atoms with Crippen LogP contribution in [0.3, 0.4) is 0 Å². The molecule has 106 valence electrons. The number of nitrogens with one attached hydrogen (secondary N) is 1. The van der Waals surface area contributed by atoms with Crippen LogP contribution in [0, 0.1) is 5.92 Å². The molecule has 1 rings (SSSR count). The lowest BCUT2D eigenvalue weighted by Crippen LogP contribution is -2.43. The Kier molecular flexibility index (Phi) is 7.28. The van der Waals surface area contributed by atoms with Crippen molar-refractivity contribution < 1.29 is 4.79 Å². The minimum atomic E-state index is 0.130. The van der Waals surface area contributed by atoms with Gasteiger partial charge in [-0.1, -0.05) is 19.8 Å². The van der Waals surface area contributed by atoms with Crippen LogP contribution in [-0.2, 0) is 4.79 Å². The molecule has 0 bridgehead atoms. The van der Waals surface area contributed by atoms with Crippen LogP contribution in [0.15, 0.2) is 0 Å². The smallest absolute Gasteiger partial charge is 0.221 e. The maximum absolute atomic E-state index is 11.7. The van der Waals surface area contributed by atoms with Gasteiger partial charge < -0.3 is 16.0 Å². The van der Waals surface area contributed by atoms with Crippen molar-refractivity contribution >= 4 is 5.91 Å². The van der Waals surface area contributed by atoms with Crippen molar-refractivity contribution in [3.63, 3.8) is 0 Å². The fraction of sp³-hybridized carbons (Fsp3) is 0.929. The average molecular weight is 255 g/mol. The number of carbonyl (C=O) groups is 1. The first-order chi connectivity index (χ1) is 8.67. The minimum absolute atomic E-state index is 0.130. The normalized spacial score (nSPS) is 18.2. The topological polar surface area (TPSA) is 58.4 Å². The number of likely N-dealkylation sites (N-methyl/N-ethyl adjacent to an activating group) is 1. The van der Waals surface area contributed by atoms with Crippen molar-refractivity contribution in [1.29, 1.82) is 0 Å². The van der Waals surface area contributed by atoms with E-state index in [1.54, 1.807) is 0 Å². The summed E-state index contributed by atoms with van der Waals surface area (Å²) in [6, 6.07) is 0.183. The van der Waals surface area contributed by atoms with Gasteiger partial charge in [-0.25, -0.2) is 0 Å². The number of rotatable bonds is 8. The number of hydrogen-bond donors (Lipinski definition) is 2. The van der Waals surface area contributed by atoms with Crippen molar-refractivity contribution in [1.82, 2.24) is 10.2 Å². The molecule has 1 amide bonds. The lowest BCUT2D eigenvalue weighted by molar-refractivity contribution is -0.122. The summed E-state index contributed by atoms with van der Waals surface area (Å²) in [5.74, 6) is 0.938. The number of hydrogen-bond acceptors (Lipinski definition) is 3. The summed E-state index contributed by atoms with van der Waals surface area (Å²) in [7, 11) is 2.10. The van der Waals surface area contributed by atoms with E-state index in [2.05, 4.69) is 24.2 Å². The maximum atomic E-state index is 11.7. The summed E-state index contributed by atoms with van der Waals surface area (Å²) < 4.78 is 0. The van der Waals surface area contributed by atoms with Gasteiger partial charge in [-0.15, -0.1) is 0 Å². The third-order valence-electron chi connectivity index (χ3n) is 3.91. The lowest BCUT2D eigenvalue weighted by Gasteiger charge is -2.28. The zero-order chi connectivity index (χ0) is 13.4. The number of nitrogens with zero attached hydrogens (tertiary/aromatic N) is 1. The van der Waals surface area contributed by atoms with Crippen molar-refractivity contribution in [2.75, 3.05) is 26.7 Å². The van der Waals surface area contributed by atoms with E-state index in [1.807, 2.05) is 0 Å². The molecule has 0 aromatic rings. The van der Waals surface area contributed by atoms with Gasteiger partial charge in [0.25, 0.3) is 0 Å². The van der Waals surface area contributed by atoms with Crippen LogP contribution in [0.1, 0.15) is 45.4 Å². The standard InChI is InChI=1S/C14H29N3O/c1-3-8-16-14(18)9-13(10-15)17(2)11-12-6-4-5-7-12/h12-13H,3-11,15H2,1-2H3,(H,16,18). The second-order valence-corrected chi connectivity index (χ2v) is 5.53. The van der Waals surface area contributed by atoms with Crippen LogP contribution in [0.25, 0.3) is 0 Å². The van der Waals surface area contributed by atoms with Crippen molar-refractivity contribution in [3.05, 3.63) is 0 Å². The van der Waals surface area contributed by atoms with Gasteiger partial charge in [0.05, 0.1) is 0 Å². The number of nitrogens with two attached hydrogens (primary N) is 1. The van der Waals surface area contributed by atoms with Crippen molar-refractivity contribution in [3.8, 4) is 0 Å². The number of amides is 1. The molecule has 0 heterocycles. The summed E-state index contributed by atoms with van der Waals surface area (Å²) >= 11 is 0. The van der Waals surface area contributed by atoms with E-state index in [0.29, 0.717) is 13.0 Å². The van der Waals surface area contributed by atoms with E-state index in [9.17, 15) is 4.79 Å². The summed E-state index contributed by atoms with van der Waals surface area (Å²) in [4.78, 5) is 14.0. The Bertz CT molecular complexity index is 239. The van der Waals surface area contributed by atoms with E-state index in [0.717, 1.165) is 25.4 Å². The SMILES string of the molecule is CCCNC(=O)CC(CN)N(C)CC1CCCC1. The quantitative estimate of drug-likeness (QED) is 0.688. The number of carbonyl (C=O) groups excluding carboxylic acids is 1. The largest absolute Gasteiger partial charge is 0.356 e. The fourth-order valence-corrected chi connectivity index (χ4v) is 2.72. The van der Waals surface area contributed by atoms with Crippen LogP contribution >= 0.6 is 0 Å². The van der Waals surface area contributed by atoms with Crippen LogP contribution in [0.4, 0.5) is 0 Å². The molecule has 1 unspecified atom stereocenters. The van der Waals surface area contributed by atoms with E-state index < -0.39 is 0 Å². The van der Waals surface area contributed by atoms with E-state index in [1.165, 1.54) is 25.7 Å². The molecule has 0 saturated heterocycles. The Hall–Kier alpha value is -0.610. The molecule has 0 spiro atoms. The molecular formula is C14H29N3O. The Labute approximate surface area is 111 Å². The molecule has 18 heavy (non-hydrogen) atoms. The second-order valence-electron chi connectivity index (χ2n) is 5.53. The van der Waals surface area contributed by atoms with Crippen molar-refractivity contribution in [2.24, 2.45) is 11.7 Å². The van der Waals surface area contributed by atoms with Gasteiger partial charge in [0.1, 0.15) is 0 Å². The summed E-state index contributed by atoms with van der Waals surface area (Å²) in [6.07, 6.45) is 6.91. The Morgan fingerprint density at radius 3 is 2.67 bits per heavy atom. The van der Waals surface area contributed by atoms with E-state index in [-0.39, 0.29) is 11.9 Å². The first kappa shape index (κ1) is 15.4. The Morgan fingerprint density at radius 2 is 2.11 bits per heavy atom. The predicted molar refractivity (Wildman–Crippen MR) is 75.3 cm³/mol. The average Bonchev–Trinajstić information content (AvgIpc) is 2.86. The highest BCUT2D eigenvalue weighted by Crippen LogP contribution is 2.25. The molecule has 4 heteroatoms. The van der Waals surface area contributed by atoms with Gasteiger partial charge in [0.15, 0.2) is 0 Å². The highest BCUT2D eigenvalue weighted by atomic mass is 16.1. The highest BCUT2D eigenvalue weighted by Gasteiger charge is 2.22. The molecular weight excluding hydrogens is 226 g/mol. The summed E-state index contributed by atoms with van der Waals surface area (Å²) in [6.45, 7) is 4.47. The fourth-order valence-electron chi connectivity index (χ4n) is 2.72. The van der Waals surface area contributed by atoms with Gasteiger partial charge in [0.2, 0.25) is 5.91 Å². The zero-order valence-corrected chi connectivity index (χ0v) is 12.0. The maximum Gasteiger partial charge on any atom is 0.221 e. The first-order valence-corrected chi connectivity index (χ1v) is 7.34. The van der Waals surface area contributed by atoms with Crippen LogP contribution in [0.2, 0.25) is 0 Å². The van der Waals surface area contributed by atoms with Gasteiger partial charge in [-0.3, -0.25) is 4.79 Å². The Balaban J connectivity index is 2.31. The van der Waals surface area contributed by atoms with Crippen LogP contribution in [-0.4, -0.2) is 43.5 Å². The van der Waals surface area contributed by atoms with Crippen LogP contribution < -0.4 is 11.1 Å². The molecule has 1 aliphatic rings. The minimum Gasteiger partial charge on any atom is -0.356 e. The first-order valence-electron chi connectivity index (χ1n) is 7.34. The molecule has 1 aliphatic carbocycles. The monoisotopic (exact) mass is 255 g/mol. The second kappa shape index (κ2) is 8.48. The Morgan fingerprint density at radius 1 is 1.44 bits per heavy atom. The van der Waals surface area contributed by atoms with Gasteiger partial charge in [-0.05, 0) is 32.2 Å². The molecule has 3 N–H and O–H groups in total. The van der Waals surface area contributed by atoms with Gasteiger partial charge >= 0.3 is 0 Å².